The molecule has 0 saturated heterocycles. The van der Waals surface area contributed by atoms with Crippen molar-refractivity contribution >= 4 is 0 Å². The summed E-state index contributed by atoms with van der Waals surface area (Å²) in [6, 6.07) is 0. The third-order valence-corrected chi connectivity index (χ3v) is 4.23. The molecule has 0 aromatic carbocycles. The lowest BCUT2D eigenvalue weighted by Gasteiger charge is -2.32. The molecule has 0 amide bonds. The molecule has 0 aromatic heterocycles. The van der Waals surface area contributed by atoms with Crippen molar-refractivity contribution in [1.29, 1.82) is 0 Å². The second-order valence-corrected chi connectivity index (χ2v) is 5.35. The maximum Gasteiger partial charge on any atom is 0.0568 e. The lowest BCUT2D eigenvalue weighted by atomic mass is 9.76. The third-order valence-electron chi connectivity index (χ3n) is 4.23. The Hall–Kier alpha value is -0.0400. The predicted molar refractivity (Wildman–Crippen MR) is 59.2 cm³/mol. The summed E-state index contributed by atoms with van der Waals surface area (Å²) in [5.41, 5.74) is 0. The van der Waals surface area contributed by atoms with E-state index in [-0.39, 0.29) is 6.10 Å². The van der Waals surface area contributed by atoms with E-state index in [0.29, 0.717) is 5.92 Å². The Balaban J connectivity index is 1.76. The minimum Gasteiger partial charge on any atom is -0.393 e. The average Bonchev–Trinajstić information content (AvgIpc) is 2.23. The summed E-state index contributed by atoms with van der Waals surface area (Å²) in [6.45, 7) is 0. The van der Waals surface area contributed by atoms with Gasteiger partial charge in [-0.2, -0.15) is 0 Å². The molecule has 0 heterocycles. The molecule has 0 unspecified atom stereocenters. The van der Waals surface area contributed by atoms with Crippen molar-refractivity contribution in [2.75, 3.05) is 0 Å². The summed E-state index contributed by atoms with van der Waals surface area (Å²) >= 11 is 0. The molecule has 0 aromatic rings. The molecule has 0 spiro atoms. The third kappa shape index (κ3) is 2.73. The molecule has 2 aliphatic rings. The second kappa shape index (κ2) is 5.16. The molecule has 2 rings (SSSR count). The van der Waals surface area contributed by atoms with E-state index >= 15 is 0 Å². The van der Waals surface area contributed by atoms with Gasteiger partial charge in [-0.15, -0.1) is 0 Å². The maximum absolute atomic E-state index is 9.90. The van der Waals surface area contributed by atoms with E-state index in [1.807, 2.05) is 0 Å². The van der Waals surface area contributed by atoms with Crippen LogP contribution in [0.5, 0.6) is 0 Å². The van der Waals surface area contributed by atoms with Crippen LogP contribution in [0.15, 0.2) is 0 Å². The minimum atomic E-state index is 0.0330. The van der Waals surface area contributed by atoms with E-state index in [1.165, 1.54) is 57.8 Å². The Bertz CT molecular complexity index is 161. The van der Waals surface area contributed by atoms with Gasteiger partial charge >= 0.3 is 0 Å². The number of aliphatic hydroxyl groups excluding tert-OH is 1. The van der Waals surface area contributed by atoms with Crippen molar-refractivity contribution in [3.05, 3.63) is 0 Å². The van der Waals surface area contributed by atoms with E-state index in [2.05, 4.69) is 0 Å². The molecule has 2 atom stereocenters. The lowest BCUT2D eigenvalue weighted by molar-refractivity contribution is 0.0522. The highest BCUT2D eigenvalue weighted by molar-refractivity contribution is 4.78. The Morgan fingerprint density at radius 2 is 1.43 bits per heavy atom. The van der Waals surface area contributed by atoms with Gasteiger partial charge in [-0.05, 0) is 31.1 Å². The molecular weight excluding hydrogens is 172 g/mol. The van der Waals surface area contributed by atoms with Crippen LogP contribution in [-0.4, -0.2) is 11.2 Å². The molecule has 1 heteroatoms. The first-order chi connectivity index (χ1) is 6.86. The fourth-order valence-corrected chi connectivity index (χ4v) is 3.31. The molecule has 14 heavy (non-hydrogen) atoms. The van der Waals surface area contributed by atoms with Crippen LogP contribution >= 0.6 is 0 Å². The van der Waals surface area contributed by atoms with Crippen molar-refractivity contribution in [3.8, 4) is 0 Å². The highest BCUT2D eigenvalue weighted by atomic mass is 16.3. The molecule has 0 radical (unpaired) electrons. The smallest absolute Gasteiger partial charge is 0.0568 e. The fraction of sp³-hybridized carbons (Fsp3) is 1.00. The summed E-state index contributed by atoms with van der Waals surface area (Å²) in [6.07, 6.45) is 13.5. The quantitative estimate of drug-likeness (QED) is 0.716. The average molecular weight is 196 g/mol. The first-order valence-electron chi connectivity index (χ1n) is 6.54. The Morgan fingerprint density at radius 1 is 0.786 bits per heavy atom. The summed E-state index contributed by atoms with van der Waals surface area (Å²) in [5.74, 6) is 1.59. The molecule has 1 nitrogen and oxygen atoms in total. The summed E-state index contributed by atoms with van der Waals surface area (Å²) in [5, 5.41) is 9.90. The number of rotatable bonds is 2. The van der Waals surface area contributed by atoms with Crippen molar-refractivity contribution < 1.29 is 5.11 Å². The van der Waals surface area contributed by atoms with Crippen molar-refractivity contribution in [2.24, 2.45) is 11.8 Å². The maximum atomic E-state index is 9.90. The lowest BCUT2D eigenvalue weighted by Crippen LogP contribution is -2.27. The molecular formula is C13H24O. The molecule has 2 fully saturated rings. The first kappa shape index (κ1) is 10.5. The minimum absolute atomic E-state index is 0.0330. The van der Waals surface area contributed by atoms with Gasteiger partial charge in [0.2, 0.25) is 0 Å². The Kier molecular flexibility index (Phi) is 3.86. The largest absolute Gasteiger partial charge is 0.393 e. The Morgan fingerprint density at radius 3 is 2.14 bits per heavy atom. The zero-order valence-corrected chi connectivity index (χ0v) is 9.25. The van der Waals surface area contributed by atoms with Gasteiger partial charge in [0.15, 0.2) is 0 Å². The summed E-state index contributed by atoms with van der Waals surface area (Å²) < 4.78 is 0. The highest BCUT2D eigenvalue weighted by Crippen LogP contribution is 2.35. The van der Waals surface area contributed by atoms with Gasteiger partial charge in [-0.25, -0.2) is 0 Å². The van der Waals surface area contributed by atoms with Gasteiger partial charge < -0.3 is 5.11 Å². The zero-order valence-electron chi connectivity index (χ0n) is 9.25. The second-order valence-electron chi connectivity index (χ2n) is 5.35. The standard InChI is InChI=1S/C13H24O/c14-13-9-5-4-8-12(13)10-11-6-2-1-3-7-11/h11-14H,1-10H2/t12-,13+/m1/s1. The molecule has 82 valence electrons. The number of hydrogen-bond acceptors (Lipinski definition) is 1. The van der Waals surface area contributed by atoms with E-state index in [4.69, 9.17) is 0 Å². The van der Waals surface area contributed by atoms with Crippen LogP contribution in [0.4, 0.5) is 0 Å². The van der Waals surface area contributed by atoms with Gasteiger partial charge in [0.05, 0.1) is 6.10 Å². The topological polar surface area (TPSA) is 20.2 Å². The van der Waals surface area contributed by atoms with Crippen molar-refractivity contribution in [3.63, 3.8) is 0 Å². The fourth-order valence-electron chi connectivity index (χ4n) is 3.31. The molecule has 1 N–H and O–H groups in total. The van der Waals surface area contributed by atoms with Crippen LogP contribution < -0.4 is 0 Å². The SMILES string of the molecule is O[C@H]1CCCC[C@@H]1CC1CCCCC1. The van der Waals surface area contributed by atoms with Crippen molar-refractivity contribution in [1.82, 2.24) is 0 Å². The first-order valence-corrected chi connectivity index (χ1v) is 6.54. The monoisotopic (exact) mass is 196 g/mol. The summed E-state index contributed by atoms with van der Waals surface area (Å²) in [4.78, 5) is 0. The molecule has 0 bridgehead atoms. The molecule has 2 aliphatic carbocycles. The predicted octanol–water partition coefficient (Wildman–Crippen LogP) is 3.51. The van der Waals surface area contributed by atoms with Crippen molar-refractivity contribution in [2.45, 2.75) is 70.3 Å². The normalized spacial score (nSPS) is 35.8. The zero-order chi connectivity index (χ0) is 9.80. The van der Waals surface area contributed by atoms with Crippen LogP contribution in [0, 0.1) is 11.8 Å². The van der Waals surface area contributed by atoms with Gasteiger partial charge in [0, 0.05) is 0 Å². The highest BCUT2D eigenvalue weighted by Gasteiger charge is 2.26. The van der Waals surface area contributed by atoms with E-state index < -0.39 is 0 Å². The number of hydrogen-bond donors (Lipinski definition) is 1. The summed E-state index contributed by atoms with van der Waals surface area (Å²) in [7, 11) is 0. The van der Waals surface area contributed by atoms with Crippen LogP contribution in [0.1, 0.15) is 64.2 Å². The number of aliphatic hydroxyl groups is 1. The van der Waals surface area contributed by atoms with Crippen LogP contribution in [0.25, 0.3) is 0 Å². The van der Waals surface area contributed by atoms with E-state index in [1.54, 1.807) is 0 Å². The van der Waals surface area contributed by atoms with E-state index in [9.17, 15) is 5.11 Å². The van der Waals surface area contributed by atoms with Gasteiger partial charge in [0.1, 0.15) is 0 Å². The molecule has 0 aliphatic heterocycles. The Labute approximate surface area is 87.9 Å². The van der Waals surface area contributed by atoms with Crippen LogP contribution in [0.3, 0.4) is 0 Å². The van der Waals surface area contributed by atoms with Gasteiger partial charge in [0.25, 0.3) is 0 Å². The van der Waals surface area contributed by atoms with Crippen LogP contribution in [-0.2, 0) is 0 Å². The molecule has 2 saturated carbocycles. The van der Waals surface area contributed by atoms with Gasteiger partial charge in [-0.3, -0.25) is 0 Å². The van der Waals surface area contributed by atoms with Gasteiger partial charge in [-0.1, -0.05) is 44.9 Å². The van der Waals surface area contributed by atoms with Crippen LogP contribution in [0.2, 0.25) is 0 Å². The van der Waals surface area contributed by atoms with E-state index in [0.717, 1.165) is 12.3 Å².